The fourth-order valence-electron chi connectivity index (χ4n) is 2.19. The molecule has 1 aromatic carbocycles. The zero-order valence-electron chi connectivity index (χ0n) is 6.29. The number of rotatable bonds is 0. The number of fused-ring (bicyclic) bond motifs is 5. The molecule has 0 saturated carbocycles. The minimum absolute atomic E-state index is 0.427. The van der Waals surface area contributed by atoms with Crippen molar-refractivity contribution in [1.29, 1.82) is 0 Å². The van der Waals surface area contributed by atoms with Gasteiger partial charge in [-0.1, -0.05) is 24.3 Å². The summed E-state index contributed by atoms with van der Waals surface area (Å²) >= 11 is 0. The molecule has 1 nitrogen and oxygen atoms in total. The molecule has 1 heteroatoms. The van der Waals surface area contributed by atoms with Crippen molar-refractivity contribution in [3.8, 4) is 0 Å². The molecule has 0 aromatic heterocycles. The molecule has 11 heavy (non-hydrogen) atoms. The highest BCUT2D eigenvalue weighted by atomic mass is 16.5. The predicted molar refractivity (Wildman–Crippen MR) is 42.2 cm³/mol. The van der Waals surface area contributed by atoms with E-state index in [-0.39, 0.29) is 0 Å². The molecule has 2 aliphatic rings. The SMILES string of the molecule is c1ccc2c(c1)C1CC[C@@H]2O1. The third-order valence-corrected chi connectivity index (χ3v) is 2.71. The summed E-state index contributed by atoms with van der Waals surface area (Å²) < 4.78 is 5.74. The van der Waals surface area contributed by atoms with Gasteiger partial charge in [-0.3, -0.25) is 0 Å². The monoisotopic (exact) mass is 146 g/mol. The van der Waals surface area contributed by atoms with Gasteiger partial charge >= 0.3 is 0 Å². The van der Waals surface area contributed by atoms with E-state index in [0.29, 0.717) is 12.2 Å². The molecule has 1 saturated heterocycles. The van der Waals surface area contributed by atoms with Crippen LogP contribution in [0.25, 0.3) is 0 Å². The normalized spacial score (nSPS) is 32.4. The molecule has 56 valence electrons. The van der Waals surface area contributed by atoms with Crippen molar-refractivity contribution in [2.24, 2.45) is 0 Å². The highest BCUT2D eigenvalue weighted by molar-refractivity contribution is 5.36. The Bertz CT molecular complexity index is 264. The van der Waals surface area contributed by atoms with E-state index in [1.165, 1.54) is 24.0 Å². The predicted octanol–water partition coefficient (Wildman–Crippen LogP) is 2.59. The average Bonchev–Trinajstić information content (AvgIpc) is 2.64. The van der Waals surface area contributed by atoms with Gasteiger partial charge < -0.3 is 4.74 Å². The number of hydrogen-bond donors (Lipinski definition) is 0. The van der Waals surface area contributed by atoms with Crippen molar-refractivity contribution in [3.63, 3.8) is 0 Å². The smallest absolute Gasteiger partial charge is 0.0838 e. The number of ether oxygens (including phenoxy) is 1. The van der Waals surface area contributed by atoms with E-state index in [9.17, 15) is 0 Å². The summed E-state index contributed by atoms with van der Waals surface area (Å²) in [5, 5.41) is 0. The molecular formula is C10H10O. The summed E-state index contributed by atoms with van der Waals surface area (Å²) in [7, 11) is 0. The van der Waals surface area contributed by atoms with Crippen LogP contribution in [0.5, 0.6) is 0 Å². The highest BCUT2D eigenvalue weighted by Crippen LogP contribution is 2.49. The Kier molecular flexibility index (Phi) is 0.977. The van der Waals surface area contributed by atoms with Gasteiger partial charge in [-0.25, -0.2) is 0 Å². The van der Waals surface area contributed by atoms with Crippen molar-refractivity contribution < 1.29 is 4.74 Å². The van der Waals surface area contributed by atoms with E-state index < -0.39 is 0 Å². The summed E-state index contributed by atoms with van der Waals surface area (Å²) in [6.07, 6.45) is 3.30. The standard InChI is InChI=1S/C10H10O/c1-2-4-8-7(3-1)9-5-6-10(8)11-9/h1-4,9-10H,5-6H2/t9-,10?/m0/s1. The van der Waals surface area contributed by atoms with Crippen LogP contribution in [0.3, 0.4) is 0 Å². The third kappa shape index (κ3) is 0.641. The topological polar surface area (TPSA) is 9.23 Å². The van der Waals surface area contributed by atoms with Crippen LogP contribution in [0, 0.1) is 0 Å². The summed E-state index contributed by atoms with van der Waals surface area (Å²) in [6.45, 7) is 0. The lowest BCUT2D eigenvalue weighted by molar-refractivity contribution is 0.0716. The van der Waals surface area contributed by atoms with Crippen LogP contribution in [-0.2, 0) is 4.74 Å². The second-order valence-electron chi connectivity index (χ2n) is 3.32. The van der Waals surface area contributed by atoms with Crippen LogP contribution in [-0.4, -0.2) is 0 Å². The number of benzene rings is 1. The van der Waals surface area contributed by atoms with Crippen LogP contribution in [0.15, 0.2) is 24.3 Å². The van der Waals surface area contributed by atoms with Crippen molar-refractivity contribution in [3.05, 3.63) is 35.4 Å². The van der Waals surface area contributed by atoms with Gasteiger partial charge in [0.25, 0.3) is 0 Å². The summed E-state index contributed by atoms with van der Waals surface area (Å²) in [5.74, 6) is 0. The first-order valence-electron chi connectivity index (χ1n) is 4.19. The van der Waals surface area contributed by atoms with Crippen LogP contribution in [0.4, 0.5) is 0 Å². The molecule has 2 bridgehead atoms. The molecule has 0 aliphatic carbocycles. The van der Waals surface area contributed by atoms with E-state index >= 15 is 0 Å². The lowest BCUT2D eigenvalue weighted by Gasteiger charge is -2.09. The molecule has 0 amide bonds. The van der Waals surface area contributed by atoms with Crippen LogP contribution in [0.2, 0.25) is 0 Å². The van der Waals surface area contributed by atoms with Gasteiger partial charge in [0, 0.05) is 0 Å². The molecule has 3 rings (SSSR count). The van der Waals surface area contributed by atoms with E-state index in [1.807, 2.05) is 0 Å². The maximum Gasteiger partial charge on any atom is 0.0838 e. The van der Waals surface area contributed by atoms with E-state index in [0.717, 1.165) is 0 Å². The third-order valence-electron chi connectivity index (χ3n) is 2.71. The highest BCUT2D eigenvalue weighted by Gasteiger charge is 2.37. The van der Waals surface area contributed by atoms with Crippen molar-refractivity contribution in [2.75, 3.05) is 0 Å². The maximum atomic E-state index is 5.74. The minimum Gasteiger partial charge on any atom is -0.366 e. The first kappa shape index (κ1) is 5.78. The summed E-state index contributed by atoms with van der Waals surface area (Å²) in [4.78, 5) is 0. The van der Waals surface area contributed by atoms with Gasteiger partial charge in [0.1, 0.15) is 0 Å². The van der Waals surface area contributed by atoms with E-state index in [2.05, 4.69) is 24.3 Å². The van der Waals surface area contributed by atoms with Gasteiger partial charge in [0.05, 0.1) is 12.2 Å². The summed E-state index contributed by atoms with van der Waals surface area (Å²) in [6, 6.07) is 8.59. The quantitative estimate of drug-likeness (QED) is 0.546. The lowest BCUT2D eigenvalue weighted by Crippen LogP contribution is -1.95. The van der Waals surface area contributed by atoms with Gasteiger partial charge in [-0.2, -0.15) is 0 Å². The molecule has 1 unspecified atom stereocenters. The molecule has 2 aliphatic heterocycles. The minimum atomic E-state index is 0.427. The van der Waals surface area contributed by atoms with Gasteiger partial charge in [0.2, 0.25) is 0 Å². The second kappa shape index (κ2) is 1.86. The Hall–Kier alpha value is -0.820. The first-order chi connectivity index (χ1) is 5.45. The van der Waals surface area contributed by atoms with Crippen LogP contribution in [0.1, 0.15) is 36.2 Å². The lowest BCUT2D eigenvalue weighted by atomic mass is 9.92. The van der Waals surface area contributed by atoms with Crippen LogP contribution < -0.4 is 0 Å². The molecule has 1 aromatic rings. The molecular weight excluding hydrogens is 136 g/mol. The molecule has 0 N–H and O–H groups in total. The Balaban J connectivity index is 2.23. The summed E-state index contributed by atoms with van der Waals surface area (Å²) in [5.41, 5.74) is 2.87. The fourth-order valence-corrected chi connectivity index (χ4v) is 2.19. The first-order valence-corrected chi connectivity index (χ1v) is 4.19. The van der Waals surface area contributed by atoms with Crippen LogP contribution >= 0.6 is 0 Å². The molecule has 0 spiro atoms. The second-order valence-corrected chi connectivity index (χ2v) is 3.32. The van der Waals surface area contributed by atoms with Gasteiger partial charge in [0.15, 0.2) is 0 Å². The van der Waals surface area contributed by atoms with Crippen molar-refractivity contribution in [2.45, 2.75) is 25.0 Å². The average molecular weight is 146 g/mol. The van der Waals surface area contributed by atoms with E-state index in [1.54, 1.807) is 0 Å². The molecule has 2 atom stereocenters. The van der Waals surface area contributed by atoms with Gasteiger partial charge in [-0.15, -0.1) is 0 Å². The Morgan fingerprint density at radius 2 is 1.55 bits per heavy atom. The maximum absolute atomic E-state index is 5.74. The fraction of sp³-hybridized carbons (Fsp3) is 0.400. The molecule has 2 heterocycles. The van der Waals surface area contributed by atoms with Gasteiger partial charge in [-0.05, 0) is 24.0 Å². The Labute approximate surface area is 66.0 Å². The zero-order chi connectivity index (χ0) is 7.26. The van der Waals surface area contributed by atoms with E-state index in [4.69, 9.17) is 4.74 Å². The van der Waals surface area contributed by atoms with Crippen molar-refractivity contribution >= 4 is 0 Å². The molecule has 0 radical (unpaired) electrons. The zero-order valence-corrected chi connectivity index (χ0v) is 6.29. The van der Waals surface area contributed by atoms with Crippen molar-refractivity contribution in [1.82, 2.24) is 0 Å². The Morgan fingerprint density at radius 3 is 2.09 bits per heavy atom. The largest absolute Gasteiger partial charge is 0.366 e. The molecule has 1 fully saturated rings. The number of hydrogen-bond acceptors (Lipinski definition) is 1. The Morgan fingerprint density at radius 1 is 1.00 bits per heavy atom.